The molecule has 7 heteroatoms. The van der Waals surface area contributed by atoms with Crippen molar-refractivity contribution in [1.29, 1.82) is 0 Å². The lowest BCUT2D eigenvalue weighted by Crippen LogP contribution is -2.18. The molecular weight excluding hydrogens is 367 g/mol. The third-order valence-corrected chi connectivity index (χ3v) is 4.14. The van der Waals surface area contributed by atoms with E-state index in [-0.39, 0.29) is 11.3 Å². The summed E-state index contributed by atoms with van der Waals surface area (Å²) in [5.74, 6) is -0.526. The Morgan fingerprint density at radius 2 is 1.79 bits per heavy atom. The fourth-order valence-electron chi connectivity index (χ4n) is 2.69. The highest BCUT2D eigenvalue weighted by Crippen LogP contribution is 2.30. The summed E-state index contributed by atoms with van der Waals surface area (Å²) in [5.41, 5.74) is 1.34. The van der Waals surface area contributed by atoms with Gasteiger partial charge in [-0.05, 0) is 29.8 Å². The first-order chi connectivity index (χ1) is 13.3. The molecule has 0 fully saturated rings. The van der Waals surface area contributed by atoms with E-state index < -0.39 is 17.6 Å². The molecular formula is C21H18F3N3O. The summed E-state index contributed by atoms with van der Waals surface area (Å²) in [6.45, 7) is 0.626. The Bertz CT molecular complexity index is 958. The van der Waals surface area contributed by atoms with Gasteiger partial charge < -0.3 is 10.2 Å². The van der Waals surface area contributed by atoms with Gasteiger partial charge in [0.05, 0.1) is 23.0 Å². The molecule has 28 heavy (non-hydrogen) atoms. The number of rotatable bonds is 5. The van der Waals surface area contributed by atoms with E-state index in [0.717, 1.165) is 23.4 Å². The van der Waals surface area contributed by atoms with Crippen molar-refractivity contribution in [3.63, 3.8) is 0 Å². The van der Waals surface area contributed by atoms with Gasteiger partial charge in [0.25, 0.3) is 5.91 Å². The first kappa shape index (κ1) is 19.4. The molecule has 0 unspecified atom stereocenters. The van der Waals surface area contributed by atoms with Gasteiger partial charge in [-0.25, -0.2) is 0 Å². The van der Waals surface area contributed by atoms with E-state index >= 15 is 0 Å². The topological polar surface area (TPSA) is 45.2 Å². The van der Waals surface area contributed by atoms with E-state index in [1.807, 2.05) is 42.3 Å². The number of anilines is 2. The van der Waals surface area contributed by atoms with Crippen LogP contribution < -0.4 is 10.2 Å². The third-order valence-electron chi connectivity index (χ3n) is 4.14. The van der Waals surface area contributed by atoms with Crippen LogP contribution in [0.4, 0.5) is 24.5 Å². The van der Waals surface area contributed by atoms with Crippen LogP contribution in [0.3, 0.4) is 0 Å². The predicted molar refractivity (Wildman–Crippen MR) is 102 cm³/mol. The number of pyridine rings is 1. The molecule has 0 aliphatic heterocycles. The molecule has 4 nitrogen and oxygen atoms in total. The second kappa shape index (κ2) is 8.12. The summed E-state index contributed by atoms with van der Waals surface area (Å²) in [6.07, 6.45) is -1.46. The summed E-state index contributed by atoms with van der Waals surface area (Å²) < 4.78 is 38.5. The Morgan fingerprint density at radius 3 is 2.50 bits per heavy atom. The van der Waals surface area contributed by atoms with Crippen molar-refractivity contribution in [2.24, 2.45) is 0 Å². The van der Waals surface area contributed by atoms with Crippen LogP contribution in [0.5, 0.6) is 0 Å². The van der Waals surface area contributed by atoms with Gasteiger partial charge in [-0.3, -0.25) is 9.78 Å². The molecule has 0 aliphatic rings. The highest BCUT2D eigenvalue weighted by atomic mass is 19.4. The maximum atomic E-state index is 12.8. The Morgan fingerprint density at radius 1 is 1.04 bits per heavy atom. The van der Waals surface area contributed by atoms with Crippen LogP contribution >= 0.6 is 0 Å². The molecule has 3 aromatic rings. The van der Waals surface area contributed by atoms with Crippen LogP contribution in [0.2, 0.25) is 0 Å². The lowest BCUT2D eigenvalue weighted by atomic mass is 10.1. The van der Waals surface area contributed by atoms with Crippen molar-refractivity contribution in [2.75, 3.05) is 17.3 Å². The summed E-state index contributed by atoms with van der Waals surface area (Å²) in [7, 11) is 1.87. The normalized spacial score (nSPS) is 11.1. The number of halogens is 3. The molecule has 0 saturated heterocycles. The van der Waals surface area contributed by atoms with Crippen molar-refractivity contribution in [3.8, 4) is 0 Å². The average Bonchev–Trinajstić information content (AvgIpc) is 2.68. The molecule has 1 N–H and O–H groups in total. The number of aromatic nitrogens is 1. The van der Waals surface area contributed by atoms with E-state index in [2.05, 4.69) is 10.3 Å². The molecule has 0 atom stereocenters. The summed E-state index contributed by atoms with van der Waals surface area (Å²) in [5, 5.41) is 2.49. The maximum Gasteiger partial charge on any atom is 0.416 e. The SMILES string of the molecule is CN(Cc1ccccc1)c1cncc(C(=O)Nc2cccc(C(F)(F)F)c2)c1. The van der Waals surface area contributed by atoms with Gasteiger partial charge in [0.15, 0.2) is 0 Å². The summed E-state index contributed by atoms with van der Waals surface area (Å²) >= 11 is 0. The highest BCUT2D eigenvalue weighted by Gasteiger charge is 2.30. The standard InChI is InChI=1S/C21H18F3N3O/c1-27(14-15-6-3-2-4-7-15)19-10-16(12-25-13-19)20(28)26-18-9-5-8-17(11-18)21(22,23)24/h2-13H,14H2,1H3,(H,26,28). The number of nitrogens with one attached hydrogen (secondary N) is 1. The fraction of sp³-hybridized carbons (Fsp3) is 0.143. The molecule has 0 aliphatic carbocycles. The molecule has 0 saturated carbocycles. The minimum Gasteiger partial charge on any atom is -0.369 e. The number of alkyl halides is 3. The van der Waals surface area contributed by atoms with Gasteiger partial charge in [0, 0.05) is 25.5 Å². The van der Waals surface area contributed by atoms with E-state index in [0.29, 0.717) is 6.54 Å². The summed E-state index contributed by atoms with van der Waals surface area (Å²) in [4.78, 5) is 18.5. The highest BCUT2D eigenvalue weighted by molar-refractivity contribution is 6.04. The lowest BCUT2D eigenvalue weighted by molar-refractivity contribution is -0.137. The molecule has 144 valence electrons. The van der Waals surface area contributed by atoms with Crippen molar-refractivity contribution < 1.29 is 18.0 Å². The number of amides is 1. The summed E-state index contributed by atoms with van der Waals surface area (Å²) in [6, 6.07) is 16.0. The molecule has 2 aromatic carbocycles. The smallest absolute Gasteiger partial charge is 0.369 e. The zero-order valence-corrected chi connectivity index (χ0v) is 15.1. The van der Waals surface area contributed by atoms with Gasteiger partial charge in [0.2, 0.25) is 0 Å². The number of carbonyl (C=O) groups excluding carboxylic acids is 1. The molecule has 0 bridgehead atoms. The molecule has 3 rings (SSSR count). The van der Waals surface area contributed by atoms with Crippen molar-refractivity contribution in [1.82, 2.24) is 4.98 Å². The largest absolute Gasteiger partial charge is 0.416 e. The number of carbonyl (C=O) groups is 1. The Hall–Kier alpha value is -3.35. The van der Waals surface area contributed by atoms with Gasteiger partial charge in [0.1, 0.15) is 0 Å². The fourth-order valence-corrected chi connectivity index (χ4v) is 2.69. The minimum atomic E-state index is -4.47. The van der Waals surface area contributed by atoms with Crippen LogP contribution in [0.15, 0.2) is 73.1 Å². The molecule has 0 spiro atoms. The van der Waals surface area contributed by atoms with Crippen LogP contribution in [-0.4, -0.2) is 17.9 Å². The van der Waals surface area contributed by atoms with Gasteiger partial charge in [-0.15, -0.1) is 0 Å². The van der Waals surface area contributed by atoms with Crippen molar-refractivity contribution in [3.05, 3.63) is 89.7 Å². The quantitative estimate of drug-likeness (QED) is 0.673. The van der Waals surface area contributed by atoms with Crippen molar-refractivity contribution in [2.45, 2.75) is 12.7 Å². The first-order valence-electron chi connectivity index (χ1n) is 8.51. The number of benzene rings is 2. The Kier molecular flexibility index (Phi) is 5.63. The molecule has 1 amide bonds. The second-order valence-corrected chi connectivity index (χ2v) is 6.31. The number of hydrogen-bond donors (Lipinski definition) is 1. The minimum absolute atomic E-state index is 0.0721. The zero-order chi connectivity index (χ0) is 20.1. The number of nitrogens with zero attached hydrogens (tertiary/aromatic N) is 2. The van der Waals surface area contributed by atoms with E-state index in [4.69, 9.17) is 0 Å². The zero-order valence-electron chi connectivity index (χ0n) is 15.1. The second-order valence-electron chi connectivity index (χ2n) is 6.31. The Labute approximate surface area is 160 Å². The average molecular weight is 385 g/mol. The monoisotopic (exact) mass is 385 g/mol. The van der Waals surface area contributed by atoms with E-state index in [9.17, 15) is 18.0 Å². The lowest BCUT2D eigenvalue weighted by Gasteiger charge is -2.19. The van der Waals surface area contributed by atoms with Gasteiger partial charge in [-0.2, -0.15) is 13.2 Å². The van der Waals surface area contributed by atoms with Crippen LogP contribution in [-0.2, 0) is 12.7 Å². The van der Waals surface area contributed by atoms with Crippen LogP contribution in [0.25, 0.3) is 0 Å². The Balaban J connectivity index is 1.74. The van der Waals surface area contributed by atoms with E-state index in [1.165, 1.54) is 18.3 Å². The molecule has 1 aromatic heterocycles. The van der Waals surface area contributed by atoms with Gasteiger partial charge >= 0.3 is 6.18 Å². The van der Waals surface area contributed by atoms with Gasteiger partial charge in [-0.1, -0.05) is 36.4 Å². The predicted octanol–water partition coefficient (Wildman–Crippen LogP) is 4.99. The van der Waals surface area contributed by atoms with E-state index in [1.54, 1.807) is 12.3 Å². The molecule has 0 radical (unpaired) electrons. The van der Waals surface area contributed by atoms with Crippen LogP contribution in [0, 0.1) is 0 Å². The molecule has 1 heterocycles. The third kappa shape index (κ3) is 4.88. The first-order valence-corrected chi connectivity index (χ1v) is 8.51. The van der Waals surface area contributed by atoms with Crippen LogP contribution in [0.1, 0.15) is 21.5 Å². The number of hydrogen-bond acceptors (Lipinski definition) is 3. The van der Waals surface area contributed by atoms with Crippen molar-refractivity contribution >= 4 is 17.3 Å². The maximum absolute atomic E-state index is 12.8.